The lowest BCUT2D eigenvalue weighted by Crippen LogP contribution is -2.40. The zero-order chi connectivity index (χ0) is 28.6. The Labute approximate surface area is 237 Å². The minimum Gasteiger partial charge on any atom is -0.473 e. The van der Waals surface area contributed by atoms with Crippen molar-refractivity contribution in [3.8, 4) is 17.7 Å². The molecule has 8 nitrogen and oxygen atoms in total. The number of ether oxygens (including phenoxy) is 1. The number of halogens is 1. The van der Waals surface area contributed by atoms with Crippen LogP contribution in [0, 0.1) is 25.7 Å². The van der Waals surface area contributed by atoms with Crippen molar-refractivity contribution in [1.29, 1.82) is 0 Å². The van der Waals surface area contributed by atoms with Gasteiger partial charge in [-0.15, -0.1) is 0 Å². The van der Waals surface area contributed by atoms with Gasteiger partial charge in [0.25, 0.3) is 5.56 Å². The summed E-state index contributed by atoms with van der Waals surface area (Å²) in [5, 5.41) is 2.42. The lowest BCUT2D eigenvalue weighted by Gasteiger charge is -2.13. The molecule has 0 unspecified atom stereocenters. The Morgan fingerprint density at radius 3 is 2.52 bits per heavy atom. The Balaban J connectivity index is 1.45. The van der Waals surface area contributed by atoms with Gasteiger partial charge in [-0.1, -0.05) is 71.5 Å². The SMILES string of the molecule is Cc1ccc(CCC(=O)Nc2c(Cl)n(CC#Cc3cccc(COc4cccc(C)n4)c3)c(=O)n(C)c2=O)cc1. The van der Waals surface area contributed by atoms with E-state index in [9.17, 15) is 14.4 Å². The second-order valence-corrected chi connectivity index (χ2v) is 9.70. The van der Waals surface area contributed by atoms with Gasteiger partial charge in [-0.25, -0.2) is 9.78 Å². The van der Waals surface area contributed by atoms with Crippen molar-refractivity contribution in [1.82, 2.24) is 14.1 Å². The number of nitrogens with zero attached hydrogens (tertiary/aromatic N) is 3. The van der Waals surface area contributed by atoms with Gasteiger partial charge in [-0.3, -0.25) is 18.7 Å². The van der Waals surface area contributed by atoms with E-state index in [4.69, 9.17) is 16.3 Å². The lowest BCUT2D eigenvalue weighted by atomic mass is 10.1. The van der Waals surface area contributed by atoms with Crippen molar-refractivity contribution in [2.75, 3.05) is 5.32 Å². The maximum Gasteiger partial charge on any atom is 0.332 e. The summed E-state index contributed by atoms with van der Waals surface area (Å²) in [7, 11) is 1.33. The van der Waals surface area contributed by atoms with Gasteiger partial charge in [0.05, 0.1) is 6.54 Å². The molecule has 0 aliphatic rings. The van der Waals surface area contributed by atoms with E-state index in [-0.39, 0.29) is 29.7 Å². The summed E-state index contributed by atoms with van der Waals surface area (Å²) >= 11 is 6.43. The highest BCUT2D eigenvalue weighted by Crippen LogP contribution is 2.16. The van der Waals surface area contributed by atoms with E-state index in [0.29, 0.717) is 18.9 Å². The average molecular weight is 557 g/mol. The highest BCUT2D eigenvalue weighted by atomic mass is 35.5. The largest absolute Gasteiger partial charge is 0.473 e. The molecule has 0 atom stereocenters. The van der Waals surface area contributed by atoms with Crippen LogP contribution in [0.5, 0.6) is 5.88 Å². The smallest absolute Gasteiger partial charge is 0.332 e. The molecule has 0 saturated heterocycles. The van der Waals surface area contributed by atoms with E-state index < -0.39 is 11.2 Å². The molecule has 204 valence electrons. The molecule has 0 aliphatic carbocycles. The van der Waals surface area contributed by atoms with Crippen molar-refractivity contribution in [2.45, 2.75) is 39.8 Å². The van der Waals surface area contributed by atoms with Crippen LogP contribution in [0.3, 0.4) is 0 Å². The number of hydrogen-bond acceptors (Lipinski definition) is 5. The minimum atomic E-state index is -0.682. The fourth-order valence-electron chi connectivity index (χ4n) is 3.91. The molecule has 4 rings (SSSR count). The number of rotatable bonds is 8. The van der Waals surface area contributed by atoms with Gasteiger partial charge >= 0.3 is 5.69 Å². The van der Waals surface area contributed by atoms with Crippen LogP contribution in [0.15, 0.2) is 76.3 Å². The number of aromatic nitrogens is 3. The Kier molecular flexibility index (Phi) is 9.20. The molecular formula is C31H29ClN4O4. The van der Waals surface area contributed by atoms with Crippen molar-refractivity contribution in [3.05, 3.63) is 121 Å². The van der Waals surface area contributed by atoms with Gasteiger partial charge in [0.15, 0.2) is 0 Å². The van der Waals surface area contributed by atoms with Gasteiger partial charge in [-0.2, -0.15) is 0 Å². The number of pyridine rings is 1. The van der Waals surface area contributed by atoms with E-state index in [1.807, 2.05) is 74.5 Å². The zero-order valence-corrected chi connectivity index (χ0v) is 23.3. The average Bonchev–Trinajstić information content (AvgIpc) is 2.95. The van der Waals surface area contributed by atoms with E-state index in [2.05, 4.69) is 22.1 Å². The standard InChI is InChI=1S/C31H29ClN4O4/c1-21-12-14-23(15-13-21)16-17-26(37)34-28-29(32)36(31(39)35(3)30(28)38)18-6-10-24-8-5-9-25(19-24)20-40-27-11-4-7-22(2)33-27/h4-5,7-9,11-15,19H,16-18,20H2,1-3H3,(H,34,37). The van der Waals surface area contributed by atoms with Crippen LogP contribution < -0.4 is 21.3 Å². The maximum absolute atomic E-state index is 12.8. The fraction of sp³-hybridized carbons (Fsp3) is 0.226. The number of aryl methyl sites for hydroxylation is 3. The Hall–Kier alpha value is -4.61. The van der Waals surface area contributed by atoms with Crippen LogP contribution in [0.25, 0.3) is 0 Å². The van der Waals surface area contributed by atoms with Crippen LogP contribution in [0.4, 0.5) is 5.69 Å². The van der Waals surface area contributed by atoms with Gasteiger partial charge in [-0.05, 0) is 49.6 Å². The molecule has 2 aromatic heterocycles. The van der Waals surface area contributed by atoms with Crippen LogP contribution in [0.2, 0.25) is 5.15 Å². The summed E-state index contributed by atoms with van der Waals surface area (Å²) in [5.74, 6) is 6.11. The summed E-state index contributed by atoms with van der Waals surface area (Å²) < 4.78 is 7.82. The van der Waals surface area contributed by atoms with Gasteiger partial charge in [0, 0.05) is 30.8 Å². The molecule has 0 aliphatic heterocycles. The molecule has 1 amide bonds. The first kappa shape index (κ1) is 28.4. The molecule has 1 N–H and O–H groups in total. The summed E-state index contributed by atoms with van der Waals surface area (Å²) in [5.41, 5.74) is 3.17. The van der Waals surface area contributed by atoms with Crippen LogP contribution >= 0.6 is 11.6 Å². The van der Waals surface area contributed by atoms with Gasteiger partial charge in [0.1, 0.15) is 17.4 Å². The highest BCUT2D eigenvalue weighted by molar-refractivity contribution is 6.32. The topological polar surface area (TPSA) is 95.2 Å². The Bertz CT molecular complexity index is 1710. The summed E-state index contributed by atoms with van der Waals surface area (Å²) in [4.78, 5) is 42.4. The van der Waals surface area contributed by atoms with Crippen molar-refractivity contribution >= 4 is 23.2 Å². The zero-order valence-electron chi connectivity index (χ0n) is 22.5. The van der Waals surface area contributed by atoms with Gasteiger partial charge in [0.2, 0.25) is 11.8 Å². The lowest BCUT2D eigenvalue weighted by molar-refractivity contribution is -0.116. The van der Waals surface area contributed by atoms with E-state index in [1.165, 1.54) is 7.05 Å². The number of hydrogen-bond donors (Lipinski definition) is 1. The summed E-state index contributed by atoms with van der Waals surface area (Å²) in [6.45, 7) is 4.14. The number of anilines is 1. The first-order chi connectivity index (χ1) is 19.2. The highest BCUT2D eigenvalue weighted by Gasteiger charge is 2.18. The molecule has 2 aromatic carbocycles. The number of nitrogens with one attached hydrogen (secondary N) is 1. The fourth-order valence-corrected chi connectivity index (χ4v) is 4.17. The first-order valence-corrected chi connectivity index (χ1v) is 13.1. The minimum absolute atomic E-state index is 0.0774. The maximum atomic E-state index is 12.8. The molecule has 0 bridgehead atoms. The molecule has 0 fully saturated rings. The molecule has 40 heavy (non-hydrogen) atoms. The normalized spacial score (nSPS) is 10.5. The third-order valence-corrected chi connectivity index (χ3v) is 6.54. The van der Waals surface area contributed by atoms with Gasteiger partial charge < -0.3 is 10.1 Å². The first-order valence-electron chi connectivity index (χ1n) is 12.7. The molecule has 0 saturated carbocycles. The quantitative estimate of drug-likeness (QED) is 0.256. The predicted molar refractivity (Wildman–Crippen MR) is 156 cm³/mol. The number of benzene rings is 2. The molecule has 9 heteroatoms. The molecule has 2 heterocycles. The van der Waals surface area contributed by atoms with Crippen molar-refractivity contribution in [2.24, 2.45) is 7.05 Å². The number of carbonyl (C=O) groups is 1. The van der Waals surface area contributed by atoms with Crippen molar-refractivity contribution in [3.63, 3.8) is 0 Å². The Morgan fingerprint density at radius 1 is 1.02 bits per heavy atom. The van der Waals surface area contributed by atoms with Crippen LogP contribution in [-0.4, -0.2) is 20.0 Å². The molecule has 0 radical (unpaired) electrons. The number of carbonyl (C=O) groups excluding carboxylic acids is 1. The summed E-state index contributed by atoms with van der Waals surface area (Å²) in [6.07, 6.45) is 0.655. The predicted octanol–water partition coefficient (Wildman–Crippen LogP) is 4.41. The molecule has 4 aromatic rings. The second kappa shape index (κ2) is 13.0. The molecule has 0 spiro atoms. The van der Waals surface area contributed by atoms with E-state index in [1.54, 1.807) is 6.07 Å². The van der Waals surface area contributed by atoms with Crippen molar-refractivity contribution < 1.29 is 9.53 Å². The van der Waals surface area contributed by atoms with E-state index >= 15 is 0 Å². The van der Waals surface area contributed by atoms with Crippen LogP contribution in [0.1, 0.15) is 34.4 Å². The van der Waals surface area contributed by atoms with Crippen LogP contribution in [-0.2, 0) is 31.4 Å². The second-order valence-electron chi connectivity index (χ2n) is 9.34. The van der Waals surface area contributed by atoms with E-state index in [0.717, 1.165) is 37.1 Å². The summed E-state index contributed by atoms with van der Waals surface area (Å²) in [6, 6.07) is 20.9. The number of amides is 1. The third kappa shape index (κ3) is 7.28. The molecular weight excluding hydrogens is 528 g/mol. The monoisotopic (exact) mass is 556 g/mol. The third-order valence-electron chi connectivity index (χ3n) is 6.15. The Morgan fingerprint density at radius 2 is 1.77 bits per heavy atom.